The summed E-state index contributed by atoms with van der Waals surface area (Å²) in [5, 5.41) is 7.61. The van der Waals surface area contributed by atoms with Crippen LogP contribution in [0.5, 0.6) is 0 Å². The topological polar surface area (TPSA) is 108 Å². The minimum atomic E-state index is -4.48. The molecule has 0 spiro atoms. The lowest BCUT2D eigenvalue weighted by Crippen LogP contribution is -2.61. The van der Waals surface area contributed by atoms with E-state index in [4.69, 9.17) is 0 Å². The maximum absolute atomic E-state index is 13.8. The van der Waals surface area contributed by atoms with Gasteiger partial charge in [0.15, 0.2) is 0 Å². The number of halogens is 3. The second-order valence-electron chi connectivity index (χ2n) is 7.97. The fourth-order valence-corrected chi connectivity index (χ4v) is 4.41. The fourth-order valence-electron chi connectivity index (χ4n) is 4.41. The van der Waals surface area contributed by atoms with Gasteiger partial charge in [0, 0.05) is 13.0 Å². The Hall–Kier alpha value is -2.79. The number of carbonyl (C=O) groups excluding carboxylic acids is 4. The Balaban J connectivity index is 1.60. The van der Waals surface area contributed by atoms with E-state index in [0.717, 1.165) is 4.90 Å². The molecular weight excluding hydrogens is 417 g/mol. The number of hydrogen-bond acceptors (Lipinski definition) is 6. The van der Waals surface area contributed by atoms with Gasteiger partial charge >= 0.3 is 6.18 Å². The lowest BCUT2D eigenvalue weighted by atomic mass is 9.87. The highest BCUT2D eigenvalue weighted by Crippen LogP contribution is 2.38. The van der Waals surface area contributed by atoms with E-state index in [-0.39, 0.29) is 62.0 Å². The van der Waals surface area contributed by atoms with Crippen molar-refractivity contribution in [2.24, 2.45) is 0 Å². The maximum atomic E-state index is 13.8. The predicted molar refractivity (Wildman–Crippen MR) is 101 cm³/mol. The summed E-state index contributed by atoms with van der Waals surface area (Å²) < 4.78 is 41.4. The number of benzene rings is 1. The van der Waals surface area contributed by atoms with Gasteiger partial charge in [0.25, 0.3) is 11.8 Å². The third-order valence-corrected chi connectivity index (χ3v) is 6.17. The van der Waals surface area contributed by atoms with Gasteiger partial charge in [-0.25, -0.2) is 0 Å². The normalized spacial score (nSPS) is 23.7. The first-order valence-electron chi connectivity index (χ1n) is 10.0. The largest absolute Gasteiger partial charge is 0.406 e. The second kappa shape index (κ2) is 7.72. The molecule has 3 heterocycles. The molecule has 166 valence electrons. The van der Waals surface area contributed by atoms with Crippen molar-refractivity contribution in [3.8, 4) is 0 Å². The van der Waals surface area contributed by atoms with Gasteiger partial charge in [0.2, 0.25) is 11.8 Å². The zero-order valence-electron chi connectivity index (χ0n) is 16.5. The van der Waals surface area contributed by atoms with Crippen molar-refractivity contribution in [3.63, 3.8) is 0 Å². The average Bonchev–Trinajstić information content (AvgIpc) is 2.98. The molecule has 4 amide bonds. The number of fused-ring (bicyclic) bond motifs is 1. The van der Waals surface area contributed by atoms with Crippen molar-refractivity contribution in [2.45, 2.75) is 50.0 Å². The highest BCUT2D eigenvalue weighted by Gasteiger charge is 2.54. The maximum Gasteiger partial charge on any atom is 0.406 e. The van der Waals surface area contributed by atoms with E-state index in [0.29, 0.717) is 0 Å². The van der Waals surface area contributed by atoms with Crippen LogP contribution in [0.25, 0.3) is 0 Å². The first kappa shape index (κ1) is 21.4. The summed E-state index contributed by atoms with van der Waals surface area (Å²) in [6.07, 6.45) is -4.79. The number of rotatable bonds is 4. The van der Waals surface area contributed by atoms with Gasteiger partial charge < -0.3 is 5.32 Å². The minimum Gasteiger partial charge on any atom is -0.317 e. The van der Waals surface area contributed by atoms with Crippen LogP contribution in [0.4, 0.5) is 13.2 Å². The molecule has 8 nitrogen and oxygen atoms in total. The molecule has 1 unspecified atom stereocenters. The summed E-state index contributed by atoms with van der Waals surface area (Å²) in [5.41, 5.74) is -1.79. The van der Waals surface area contributed by atoms with Gasteiger partial charge in [-0.2, -0.15) is 13.2 Å². The molecule has 0 saturated carbocycles. The molecule has 4 rings (SSSR count). The zero-order chi connectivity index (χ0) is 22.4. The van der Waals surface area contributed by atoms with Crippen LogP contribution in [0.15, 0.2) is 18.2 Å². The Morgan fingerprint density at radius 2 is 1.81 bits per heavy atom. The summed E-state index contributed by atoms with van der Waals surface area (Å²) in [6, 6.07) is 3.28. The molecular formula is C20H21F3N4O4. The zero-order valence-corrected chi connectivity index (χ0v) is 16.5. The summed E-state index contributed by atoms with van der Waals surface area (Å²) in [7, 11) is 0. The van der Waals surface area contributed by atoms with Crippen molar-refractivity contribution in [3.05, 3.63) is 34.9 Å². The minimum absolute atomic E-state index is 0.00374. The van der Waals surface area contributed by atoms with Gasteiger partial charge in [-0.05, 0) is 44.0 Å². The number of nitrogens with zero attached hydrogens (tertiary/aromatic N) is 1. The summed E-state index contributed by atoms with van der Waals surface area (Å²) in [5.74, 6) is -2.65. The van der Waals surface area contributed by atoms with E-state index < -0.39 is 41.4 Å². The molecule has 1 aromatic rings. The molecule has 0 radical (unpaired) electrons. The van der Waals surface area contributed by atoms with Crippen LogP contribution in [-0.2, 0) is 16.1 Å². The van der Waals surface area contributed by atoms with Crippen molar-refractivity contribution < 1.29 is 32.3 Å². The molecule has 3 N–H and O–H groups in total. The molecule has 3 aliphatic rings. The third kappa shape index (κ3) is 3.61. The monoisotopic (exact) mass is 438 g/mol. The molecule has 1 aromatic carbocycles. The number of amides is 4. The van der Waals surface area contributed by atoms with Crippen LogP contribution in [0.3, 0.4) is 0 Å². The number of nitrogens with one attached hydrogen (secondary N) is 3. The molecule has 11 heteroatoms. The highest BCUT2D eigenvalue weighted by molar-refractivity contribution is 6.24. The highest BCUT2D eigenvalue weighted by atomic mass is 19.4. The Bertz CT molecular complexity index is 956. The van der Waals surface area contributed by atoms with E-state index in [2.05, 4.69) is 16.0 Å². The van der Waals surface area contributed by atoms with E-state index >= 15 is 0 Å². The van der Waals surface area contributed by atoms with Gasteiger partial charge in [0.1, 0.15) is 11.6 Å². The predicted octanol–water partition coefficient (Wildman–Crippen LogP) is 0.862. The van der Waals surface area contributed by atoms with Crippen LogP contribution < -0.4 is 16.0 Å². The van der Waals surface area contributed by atoms with Gasteiger partial charge in [-0.15, -0.1) is 0 Å². The summed E-state index contributed by atoms with van der Waals surface area (Å²) >= 11 is 0. The Labute approximate surface area is 175 Å². The molecule has 31 heavy (non-hydrogen) atoms. The molecule has 2 saturated heterocycles. The number of piperidine rings is 2. The van der Waals surface area contributed by atoms with Crippen LogP contribution in [0.1, 0.15) is 52.0 Å². The molecule has 0 aromatic heterocycles. The molecule has 0 bridgehead atoms. The average molecular weight is 438 g/mol. The van der Waals surface area contributed by atoms with Crippen LogP contribution in [-0.4, -0.2) is 59.4 Å². The van der Waals surface area contributed by atoms with E-state index in [1.54, 1.807) is 0 Å². The van der Waals surface area contributed by atoms with Gasteiger partial charge in [-0.3, -0.25) is 34.7 Å². The standard InChI is InChI=1S/C20H21F3N4O4/c21-20(22,23)19(6-8-24-9-7-19)25-10-11-2-1-3-12-15(11)18(31)27(17(12)30)13-4-5-14(28)26-16(13)29/h1-3,13,24-25H,4-10H2,(H,26,28,29). The van der Waals surface area contributed by atoms with E-state index in [1.165, 1.54) is 18.2 Å². The van der Waals surface area contributed by atoms with Crippen LogP contribution >= 0.6 is 0 Å². The van der Waals surface area contributed by atoms with Gasteiger partial charge in [0.05, 0.1) is 11.1 Å². The second-order valence-corrected chi connectivity index (χ2v) is 7.97. The van der Waals surface area contributed by atoms with Crippen molar-refractivity contribution in [2.75, 3.05) is 13.1 Å². The lowest BCUT2D eigenvalue weighted by Gasteiger charge is -2.40. The number of imide groups is 2. The van der Waals surface area contributed by atoms with E-state index in [9.17, 15) is 32.3 Å². The molecule has 3 aliphatic heterocycles. The molecule has 2 fully saturated rings. The first-order chi connectivity index (χ1) is 14.6. The van der Waals surface area contributed by atoms with Gasteiger partial charge in [-0.1, -0.05) is 12.1 Å². The Morgan fingerprint density at radius 1 is 1.10 bits per heavy atom. The van der Waals surface area contributed by atoms with Crippen LogP contribution in [0.2, 0.25) is 0 Å². The third-order valence-electron chi connectivity index (χ3n) is 6.17. The first-order valence-corrected chi connectivity index (χ1v) is 10.0. The quantitative estimate of drug-likeness (QED) is 0.602. The lowest BCUT2D eigenvalue weighted by molar-refractivity contribution is -0.204. The van der Waals surface area contributed by atoms with E-state index in [1.807, 2.05) is 0 Å². The number of hydrogen-bond donors (Lipinski definition) is 3. The summed E-state index contributed by atoms with van der Waals surface area (Å²) in [6.45, 7) is 0.158. The molecule has 0 aliphatic carbocycles. The molecule has 1 atom stereocenters. The Kier molecular flexibility index (Phi) is 5.34. The number of alkyl halides is 3. The fraction of sp³-hybridized carbons (Fsp3) is 0.500. The van der Waals surface area contributed by atoms with Crippen LogP contribution in [0, 0.1) is 0 Å². The smallest absolute Gasteiger partial charge is 0.317 e. The SMILES string of the molecule is O=C1CCC(N2C(=O)c3cccc(CNC4(C(F)(F)F)CCNCC4)c3C2=O)C(=O)N1. The van der Waals surface area contributed by atoms with Crippen molar-refractivity contribution >= 4 is 23.6 Å². The Morgan fingerprint density at radius 3 is 2.45 bits per heavy atom. The van der Waals surface area contributed by atoms with Crippen molar-refractivity contribution in [1.29, 1.82) is 0 Å². The van der Waals surface area contributed by atoms with Crippen molar-refractivity contribution in [1.82, 2.24) is 20.9 Å². The summed E-state index contributed by atoms with van der Waals surface area (Å²) in [4.78, 5) is 50.3. The number of carbonyl (C=O) groups is 4.